The maximum atomic E-state index is 13.7. The van der Waals surface area contributed by atoms with Gasteiger partial charge in [-0.25, -0.2) is 4.39 Å². The van der Waals surface area contributed by atoms with Crippen LogP contribution in [0.2, 0.25) is 0 Å². The number of halogens is 2. The van der Waals surface area contributed by atoms with Gasteiger partial charge in [0.25, 0.3) is 0 Å². The summed E-state index contributed by atoms with van der Waals surface area (Å²) >= 11 is 6.21. The molecule has 1 saturated heterocycles. The van der Waals surface area contributed by atoms with E-state index in [9.17, 15) is 4.39 Å². The number of alkyl halides is 1. The van der Waals surface area contributed by atoms with Crippen molar-refractivity contribution in [3.63, 3.8) is 0 Å². The first-order valence-electron chi connectivity index (χ1n) is 5.31. The molecule has 0 N–H and O–H groups in total. The van der Waals surface area contributed by atoms with Gasteiger partial charge in [-0.3, -0.25) is 0 Å². The maximum absolute atomic E-state index is 13.7. The van der Waals surface area contributed by atoms with Gasteiger partial charge in [0.15, 0.2) is 0 Å². The number of benzene rings is 1. The van der Waals surface area contributed by atoms with E-state index in [4.69, 9.17) is 21.1 Å². The van der Waals surface area contributed by atoms with E-state index in [0.29, 0.717) is 17.9 Å². The molecule has 0 bridgehead atoms. The van der Waals surface area contributed by atoms with Gasteiger partial charge in [-0.1, -0.05) is 6.07 Å². The predicted molar refractivity (Wildman–Crippen MR) is 60.5 cm³/mol. The van der Waals surface area contributed by atoms with E-state index >= 15 is 0 Å². The molecular weight excluding hydrogens is 231 g/mol. The molecule has 1 heterocycles. The van der Waals surface area contributed by atoms with Crippen molar-refractivity contribution in [2.24, 2.45) is 0 Å². The van der Waals surface area contributed by atoms with Gasteiger partial charge in [0.05, 0.1) is 18.6 Å². The van der Waals surface area contributed by atoms with Gasteiger partial charge >= 0.3 is 0 Å². The summed E-state index contributed by atoms with van der Waals surface area (Å²) < 4.78 is 24.1. The van der Waals surface area contributed by atoms with E-state index in [1.165, 1.54) is 13.2 Å². The van der Waals surface area contributed by atoms with Crippen molar-refractivity contribution < 1.29 is 13.9 Å². The minimum Gasteiger partial charge on any atom is -0.497 e. The van der Waals surface area contributed by atoms with Gasteiger partial charge in [-0.05, 0) is 18.9 Å². The summed E-state index contributed by atoms with van der Waals surface area (Å²) in [7, 11) is 1.51. The van der Waals surface area contributed by atoms with Crippen LogP contribution in [-0.4, -0.2) is 19.8 Å². The third-order valence-electron chi connectivity index (χ3n) is 2.80. The number of rotatable bonds is 3. The fourth-order valence-corrected chi connectivity index (χ4v) is 2.27. The van der Waals surface area contributed by atoms with Crippen LogP contribution >= 0.6 is 11.6 Å². The Morgan fingerprint density at radius 2 is 2.38 bits per heavy atom. The zero-order valence-corrected chi connectivity index (χ0v) is 9.84. The number of ether oxygens (including phenoxy) is 2. The Labute approximate surface area is 99.3 Å². The van der Waals surface area contributed by atoms with E-state index in [0.717, 1.165) is 12.8 Å². The highest BCUT2D eigenvalue weighted by molar-refractivity contribution is 6.21. The van der Waals surface area contributed by atoms with Crippen LogP contribution in [0.3, 0.4) is 0 Å². The van der Waals surface area contributed by atoms with Crippen LogP contribution in [0.1, 0.15) is 23.8 Å². The van der Waals surface area contributed by atoms with Gasteiger partial charge in [0.1, 0.15) is 11.6 Å². The molecule has 0 aliphatic carbocycles. The van der Waals surface area contributed by atoms with Crippen LogP contribution < -0.4 is 4.74 Å². The molecule has 1 aromatic carbocycles. The molecule has 0 amide bonds. The normalized spacial score (nSPS) is 22.1. The van der Waals surface area contributed by atoms with Crippen LogP contribution in [0, 0.1) is 5.82 Å². The second kappa shape index (κ2) is 5.02. The first kappa shape index (κ1) is 11.7. The van der Waals surface area contributed by atoms with Crippen molar-refractivity contribution in [3.05, 3.63) is 29.6 Å². The molecule has 0 saturated carbocycles. The summed E-state index contributed by atoms with van der Waals surface area (Å²) in [6, 6.07) is 4.72. The third kappa shape index (κ3) is 2.30. The summed E-state index contributed by atoms with van der Waals surface area (Å²) in [4.78, 5) is 0. The molecule has 0 spiro atoms. The zero-order valence-electron chi connectivity index (χ0n) is 9.08. The first-order valence-corrected chi connectivity index (χ1v) is 5.75. The van der Waals surface area contributed by atoms with E-state index < -0.39 is 5.38 Å². The quantitative estimate of drug-likeness (QED) is 0.760. The van der Waals surface area contributed by atoms with E-state index in [1.807, 2.05) is 0 Å². The average Bonchev–Trinajstić information content (AvgIpc) is 2.81. The largest absolute Gasteiger partial charge is 0.497 e. The molecule has 2 rings (SSSR count). The minimum absolute atomic E-state index is 0.0791. The molecule has 2 unspecified atom stereocenters. The molecule has 1 aliphatic heterocycles. The number of hydrogen-bond acceptors (Lipinski definition) is 2. The van der Waals surface area contributed by atoms with E-state index in [2.05, 4.69) is 0 Å². The Morgan fingerprint density at radius 3 is 2.94 bits per heavy atom. The lowest BCUT2D eigenvalue weighted by atomic mass is 10.0. The highest BCUT2D eigenvalue weighted by Crippen LogP contribution is 2.34. The summed E-state index contributed by atoms with van der Waals surface area (Å²) in [6.07, 6.45) is 1.80. The van der Waals surface area contributed by atoms with Crippen molar-refractivity contribution in [1.82, 2.24) is 0 Å². The lowest BCUT2D eigenvalue weighted by Crippen LogP contribution is -2.13. The second-order valence-corrected chi connectivity index (χ2v) is 4.31. The van der Waals surface area contributed by atoms with Gasteiger partial charge in [-0.15, -0.1) is 11.6 Å². The van der Waals surface area contributed by atoms with Crippen LogP contribution in [0.5, 0.6) is 5.75 Å². The van der Waals surface area contributed by atoms with E-state index in [-0.39, 0.29) is 11.9 Å². The topological polar surface area (TPSA) is 18.5 Å². The van der Waals surface area contributed by atoms with Gasteiger partial charge in [-0.2, -0.15) is 0 Å². The summed E-state index contributed by atoms with van der Waals surface area (Å²) in [6.45, 7) is 0.714. The van der Waals surface area contributed by atoms with Crippen LogP contribution in [0.4, 0.5) is 4.39 Å². The van der Waals surface area contributed by atoms with Crippen molar-refractivity contribution in [3.8, 4) is 5.75 Å². The molecule has 1 fully saturated rings. The number of hydrogen-bond donors (Lipinski definition) is 0. The van der Waals surface area contributed by atoms with Gasteiger partial charge in [0.2, 0.25) is 0 Å². The monoisotopic (exact) mass is 244 g/mol. The fourth-order valence-electron chi connectivity index (χ4n) is 1.89. The molecule has 16 heavy (non-hydrogen) atoms. The molecule has 88 valence electrons. The Bertz CT molecular complexity index is 364. The van der Waals surface area contributed by atoms with Crippen LogP contribution in [0.15, 0.2) is 18.2 Å². The molecule has 2 atom stereocenters. The van der Waals surface area contributed by atoms with Crippen LogP contribution in [-0.2, 0) is 4.74 Å². The Hall–Kier alpha value is -0.800. The average molecular weight is 245 g/mol. The van der Waals surface area contributed by atoms with Crippen molar-refractivity contribution in [2.45, 2.75) is 24.3 Å². The lowest BCUT2D eigenvalue weighted by molar-refractivity contribution is 0.106. The van der Waals surface area contributed by atoms with Crippen molar-refractivity contribution in [1.29, 1.82) is 0 Å². The summed E-state index contributed by atoms with van der Waals surface area (Å²) in [5.41, 5.74) is 0.481. The Morgan fingerprint density at radius 1 is 1.56 bits per heavy atom. The summed E-state index contributed by atoms with van der Waals surface area (Å²) in [5, 5.41) is -0.423. The van der Waals surface area contributed by atoms with Gasteiger partial charge in [0, 0.05) is 18.2 Å². The van der Waals surface area contributed by atoms with Crippen molar-refractivity contribution >= 4 is 11.6 Å². The molecule has 0 aromatic heterocycles. The van der Waals surface area contributed by atoms with Crippen molar-refractivity contribution in [2.75, 3.05) is 13.7 Å². The second-order valence-electron chi connectivity index (χ2n) is 3.84. The highest BCUT2D eigenvalue weighted by Gasteiger charge is 2.27. The highest BCUT2D eigenvalue weighted by atomic mass is 35.5. The fraction of sp³-hybridized carbons (Fsp3) is 0.500. The zero-order chi connectivity index (χ0) is 11.5. The minimum atomic E-state index is -0.423. The Balaban J connectivity index is 2.19. The molecule has 1 aliphatic rings. The van der Waals surface area contributed by atoms with Gasteiger partial charge < -0.3 is 9.47 Å². The standard InChI is InChI=1S/C12H14ClFO2/c1-15-8-4-5-9(10(14)7-8)12(13)11-3-2-6-16-11/h4-5,7,11-12H,2-3,6H2,1H3. The maximum Gasteiger partial charge on any atom is 0.131 e. The molecule has 2 nitrogen and oxygen atoms in total. The molecular formula is C12H14ClFO2. The third-order valence-corrected chi connectivity index (χ3v) is 3.31. The SMILES string of the molecule is COc1ccc(C(Cl)C2CCCO2)c(F)c1. The molecule has 4 heteroatoms. The molecule has 0 radical (unpaired) electrons. The molecule has 1 aromatic rings. The first-order chi connectivity index (χ1) is 7.72. The predicted octanol–water partition coefficient (Wildman–Crippen LogP) is 3.29. The smallest absolute Gasteiger partial charge is 0.131 e. The van der Waals surface area contributed by atoms with E-state index in [1.54, 1.807) is 12.1 Å². The Kier molecular flexibility index (Phi) is 3.66. The lowest BCUT2D eigenvalue weighted by Gasteiger charge is -2.17. The van der Waals surface area contributed by atoms with Crippen LogP contribution in [0.25, 0.3) is 0 Å². The number of methoxy groups -OCH3 is 1. The summed E-state index contributed by atoms with van der Waals surface area (Å²) in [5.74, 6) is 0.160.